The number of methoxy groups -OCH3 is 1. The second kappa shape index (κ2) is 7.82. The molecule has 6 nitrogen and oxygen atoms in total. The van der Waals surface area contributed by atoms with Crippen LogP contribution in [0.4, 0.5) is 0 Å². The molecule has 3 aromatic rings. The Kier molecular flexibility index (Phi) is 5.31. The summed E-state index contributed by atoms with van der Waals surface area (Å²) in [6.45, 7) is 2.19. The van der Waals surface area contributed by atoms with Gasteiger partial charge in [0.05, 0.1) is 24.3 Å². The Morgan fingerprint density at radius 2 is 1.92 bits per heavy atom. The molecule has 0 bridgehead atoms. The van der Waals surface area contributed by atoms with Crippen molar-refractivity contribution in [1.82, 2.24) is 14.9 Å². The minimum absolute atomic E-state index is 0.210. The molecule has 0 saturated carbocycles. The number of nitrogens with one attached hydrogen (secondary N) is 1. The molecule has 1 amide bonds. The number of carbonyl (C=O) groups excluding carboxylic acids is 1. The molecule has 3 rings (SSSR count). The number of carbonyl (C=O) groups is 1. The summed E-state index contributed by atoms with van der Waals surface area (Å²) in [7, 11) is 1.63. The molecule has 1 aromatic heterocycles. The van der Waals surface area contributed by atoms with Crippen LogP contribution in [0.5, 0.6) is 5.75 Å². The molecule has 1 N–H and O–H groups in total. The van der Waals surface area contributed by atoms with E-state index < -0.39 is 6.04 Å². The van der Waals surface area contributed by atoms with Gasteiger partial charge in [0.2, 0.25) is 5.91 Å². The van der Waals surface area contributed by atoms with E-state index in [1.807, 2.05) is 30.3 Å². The highest BCUT2D eigenvalue weighted by molar-refractivity contribution is 5.81. The maximum atomic E-state index is 12.6. The Morgan fingerprint density at radius 1 is 1.19 bits per heavy atom. The van der Waals surface area contributed by atoms with Gasteiger partial charge in [-0.3, -0.25) is 14.2 Å². The van der Waals surface area contributed by atoms with Gasteiger partial charge in [-0.1, -0.05) is 24.3 Å². The van der Waals surface area contributed by atoms with Crippen molar-refractivity contribution in [3.63, 3.8) is 0 Å². The molecule has 1 heterocycles. The first-order valence-corrected chi connectivity index (χ1v) is 8.46. The van der Waals surface area contributed by atoms with Crippen molar-refractivity contribution in [1.29, 1.82) is 0 Å². The van der Waals surface area contributed by atoms with Crippen LogP contribution in [0, 0.1) is 0 Å². The average Bonchev–Trinajstić information content (AvgIpc) is 2.68. The van der Waals surface area contributed by atoms with E-state index in [1.165, 1.54) is 10.9 Å². The summed E-state index contributed by atoms with van der Waals surface area (Å²) in [6, 6.07) is 14.2. The van der Waals surface area contributed by atoms with E-state index in [0.29, 0.717) is 23.9 Å². The van der Waals surface area contributed by atoms with Gasteiger partial charge in [-0.25, -0.2) is 4.98 Å². The third kappa shape index (κ3) is 3.74. The van der Waals surface area contributed by atoms with Gasteiger partial charge in [0, 0.05) is 6.54 Å². The molecule has 0 aliphatic heterocycles. The molecule has 26 heavy (non-hydrogen) atoms. The molecular formula is C20H21N3O3. The zero-order valence-corrected chi connectivity index (χ0v) is 14.8. The smallest absolute Gasteiger partial charge is 0.261 e. The van der Waals surface area contributed by atoms with Gasteiger partial charge in [0.15, 0.2) is 0 Å². The first kappa shape index (κ1) is 17.7. The van der Waals surface area contributed by atoms with E-state index in [-0.39, 0.29) is 11.5 Å². The van der Waals surface area contributed by atoms with Crippen LogP contribution >= 0.6 is 0 Å². The van der Waals surface area contributed by atoms with Crippen molar-refractivity contribution < 1.29 is 9.53 Å². The molecular weight excluding hydrogens is 330 g/mol. The number of para-hydroxylation sites is 1. The molecule has 0 radical (unpaired) electrons. The van der Waals surface area contributed by atoms with Crippen LogP contribution in [0.3, 0.4) is 0 Å². The molecule has 134 valence electrons. The fourth-order valence-corrected chi connectivity index (χ4v) is 2.76. The highest BCUT2D eigenvalue weighted by atomic mass is 16.5. The number of nitrogens with zero attached hydrogens (tertiary/aromatic N) is 2. The van der Waals surface area contributed by atoms with E-state index in [0.717, 1.165) is 11.3 Å². The van der Waals surface area contributed by atoms with Gasteiger partial charge >= 0.3 is 0 Å². The van der Waals surface area contributed by atoms with Crippen molar-refractivity contribution >= 4 is 16.8 Å². The normalized spacial score (nSPS) is 11.9. The highest BCUT2D eigenvalue weighted by Crippen LogP contribution is 2.12. The fraction of sp³-hybridized carbons (Fsp3) is 0.250. The Morgan fingerprint density at radius 3 is 2.65 bits per heavy atom. The lowest BCUT2D eigenvalue weighted by atomic mass is 10.1. The standard InChI is InChI=1S/C20H21N3O3/c1-14(23-13-22-18-6-4-3-5-17(18)20(23)25)19(24)21-12-11-15-7-9-16(26-2)10-8-15/h3-10,13-14H,11-12H2,1-2H3,(H,21,24). The topological polar surface area (TPSA) is 73.2 Å². The Labute approximate surface area is 151 Å². The van der Waals surface area contributed by atoms with Crippen LogP contribution in [0.2, 0.25) is 0 Å². The number of aromatic nitrogens is 2. The summed E-state index contributed by atoms with van der Waals surface area (Å²) < 4.78 is 6.49. The minimum Gasteiger partial charge on any atom is -0.497 e. The summed E-state index contributed by atoms with van der Waals surface area (Å²) in [5.41, 5.74) is 1.51. The largest absolute Gasteiger partial charge is 0.497 e. The van der Waals surface area contributed by atoms with Crippen molar-refractivity contribution in [2.75, 3.05) is 13.7 Å². The fourth-order valence-electron chi connectivity index (χ4n) is 2.76. The maximum Gasteiger partial charge on any atom is 0.261 e. The van der Waals surface area contributed by atoms with Crippen molar-refractivity contribution in [3.8, 4) is 5.75 Å². The van der Waals surface area contributed by atoms with Crippen LogP contribution in [-0.2, 0) is 11.2 Å². The quantitative estimate of drug-likeness (QED) is 0.740. The van der Waals surface area contributed by atoms with E-state index in [2.05, 4.69) is 10.3 Å². The van der Waals surface area contributed by atoms with Crippen LogP contribution in [0.25, 0.3) is 10.9 Å². The van der Waals surface area contributed by atoms with Crippen LogP contribution in [0.15, 0.2) is 59.7 Å². The van der Waals surface area contributed by atoms with Crippen LogP contribution < -0.4 is 15.6 Å². The van der Waals surface area contributed by atoms with Crippen molar-refractivity contribution in [2.24, 2.45) is 0 Å². The van der Waals surface area contributed by atoms with Crippen LogP contribution in [-0.4, -0.2) is 29.1 Å². The van der Waals surface area contributed by atoms with E-state index >= 15 is 0 Å². The molecule has 1 unspecified atom stereocenters. The number of fused-ring (bicyclic) bond motifs is 1. The first-order valence-electron chi connectivity index (χ1n) is 8.46. The van der Waals surface area contributed by atoms with Crippen molar-refractivity contribution in [2.45, 2.75) is 19.4 Å². The summed E-state index contributed by atoms with van der Waals surface area (Å²) in [4.78, 5) is 29.2. The lowest BCUT2D eigenvalue weighted by molar-refractivity contribution is -0.123. The third-order valence-corrected chi connectivity index (χ3v) is 4.36. The SMILES string of the molecule is COc1ccc(CCNC(=O)C(C)n2cnc3ccccc3c2=O)cc1. The number of hydrogen-bond acceptors (Lipinski definition) is 4. The highest BCUT2D eigenvalue weighted by Gasteiger charge is 2.17. The Hall–Kier alpha value is -3.15. The number of amides is 1. The molecule has 1 atom stereocenters. The summed E-state index contributed by atoms with van der Waals surface area (Å²) in [6.07, 6.45) is 2.13. The Balaban J connectivity index is 1.64. The van der Waals surface area contributed by atoms with E-state index in [1.54, 1.807) is 32.2 Å². The summed E-state index contributed by atoms with van der Waals surface area (Å²) in [5.74, 6) is 0.590. The number of hydrogen-bond donors (Lipinski definition) is 1. The predicted molar refractivity (Wildman–Crippen MR) is 100 cm³/mol. The second-order valence-electron chi connectivity index (χ2n) is 6.04. The zero-order chi connectivity index (χ0) is 18.5. The van der Waals surface area contributed by atoms with Gasteiger partial charge in [0.25, 0.3) is 5.56 Å². The van der Waals surface area contributed by atoms with Gasteiger partial charge in [-0.15, -0.1) is 0 Å². The van der Waals surface area contributed by atoms with Crippen LogP contribution in [0.1, 0.15) is 18.5 Å². The van der Waals surface area contributed by atoms with Gasteiger partial charge < -0.3 is 10.1 Å². The molecule has 0 spiro atoms. The lowest BCUT2D eigenvalue weighted by Crippen LogP contribution is -2.36. The average molecular weight is 351 g/mol. The van der Waals surface area contributed by atoms with Gasteiger partial charge in [-0.05, 0) is 43.2 Å². The monoisotopic (exact) mass is 351 g/mol. The molecule has 2 aromatic carbocycles. The minimum atomic E-state index is -0.629. The Bertz CT molecular complexity index is 964. The molecule has 0 fully saturated rings. The lowest BCUT2D eigenvalue weighted by Gasteiger charge is -2.15. The maximum absolute atomic E-state index is 12.6. The summed E-state index contributed by atoms with van der Waals surface area (Å²) >= 11 is 0. The van der Waals surface area contributed by atoms with Crippen molar-refractivity contribution in [3.05, 3.63) is 70.8 Å². The van der Waals surface area contributed by atoms with Gasteiger partial charge in [-0.2, -0.15) is 0 Å². The number of benzene rings is 2. The molecule has 0 aliphatic rings. The number of rotatable bonds is 6. The molecule has 6 heteroatoms. The molecule has 0 saturated heterocycles. The van der Waals surface area contributed by atoms with E-state index in [9.17, 15) is 9.59 Å². The first-order chi connectivity index (χ1) is 12.6. The predicted octanol–water partition coefficient (Wildman–Crippen LogP) is 2.33. The van der Waals surface area contributed by atoms with Gasteiger partial charge in [0.1, 0.15) is 11.8 Å². The van der Waals surface area contributed by atoms with E-state index in [4.69, 9.17) is 4.74 Å². The second-order valence-corrected chi connectivity index (χ2v) is 6.04. The summed E-state index contributed by atoms with van der Waals surface area (Å²) in [5, 5.41) is 3.38. The third-order valence-electron chi connectivity index (χ3n) is 4.36. The molecule has 0 aliphatic carbocycles. The number of ether oxygens (including phenoxy) is 1. The zero-order valence-electron chi connectivity index (χ0n) is 14.8.